The third kappa shape index (κ3) is 3.08. The molecule has 1 unspecified atom stereocenters. The van der Waals surface area contributed by atoms with Crippen molar-refractivity contribution in [3.8, 4) is 11.5 Å². The lowest BCUT2D eigenvalue weighted by Gasteiger charge is -2.19. The second kappa shape index (κ2) is 6.97. The molecule has 0 spiro atoms. The van der Waals surface area contributed by atoms with Gasteiger partial charge in [-0.15, -0.1) is 11.3 Å². The topological polar surface area (TPSA) is 30.5 Å². The van der Waals surface area contributed by atoms with Crippen LogP contribution in [-0.2, 0) is 0 Å². The second-order valence-electron chi connectivity index (χ2n) is 4.24. The van der Waals surface area contributed by atoms with Gasteiger partial charge >= 0.3 is 0 Å². The van der Waals surface area contributed by atoms with Crippen molar-refractivity contribution >= 4 is 22.9 Å². The first kappa shape index (κ1) is 15.2. The van der Waals surface area contributed by atoms with E-state index in [0.717, 1.165) is 22.7 Å². The molecule has 0 fully saturated rings. The Morgan fingerprint density at radius 3 is 2.60 bits per heavy atom. The van der Waals surface area contributed by atoms with E-state index >= 15 is 0 Å². The molecule has 3 nitrogen and oxygen atoms in total. The van der Waals surface area contributed by atoms with Crippen LogP contribution in [0.5, 0.6) is 11.5 Å². The van der Waals surface area contributed by atoms with Crippen LogP contribution in [0.2, 0.25) is 5.02 Å². The first-order chi connectivity index (χ1) is 9.71. The molecule has 0 aliphatic rings. The normalized spacial score (nSPS) is 12.2. The Hall–Kier alpha value is -1.23. The molecule has 0 saturated heterocycles. The maximum atomic E-state index is 6.09. The van der Waals surface area contributed by atoms with E-state index in [4.69, 9.17) is 21.1 Å². The van der Waals surface area contributed by atoms with Gasteiger partial charge in [-0.2, -0.15) is 0 Å². The molecule has 1 N–H and O–H groups in total. The summed E-state index contributed by atoms with van der Waals surface area (Å²) in [6.07, 6.45) is 0. The molecule has 20 heavy (non-hydrogen) atoms. The zero-order valence-electron chi connectivity index (χ0n) is 11.8. The van der Waals surface area contributed by atoms with Gasteiger partial charge in [-0.1, -0.05) is 24.6 Å². The van der Waals surface area contributed by atoms with E-state index < -0.39 is 0 Å². The van der Waals surface area contributed by atoms with Crippen LogP contribution >= 0.6 is 22.9 Å². The lowest BCUT2D eigenvalue weighted by Crippen LogP contribution is -2.21. The minimum Gasteiger partial charge on any atom is -0.496 e. The molecule has 2 rings (SSSR count). The maximum absolute atomic E-state index is 6.09. The van der Waals surface area contributed by atoms with Crippen LogP contribution in [0, 0.1) is 0 Å². The Morgan fingerprint density at radius 1 is 1.20 bits per heavy atom. The molecule has 0 aliphatic carbocycles. The molecule has 1 aromatic heterocycles. The van der Waals surface area contributed by atoms with Gasteiger partial charge in [0.2, 0.25) is 0 Å². The van der Waals surface area contributed by atoms with Crippen LogP contribution in [0.3, 0.4) is 0 Å². The Morgan fingerprint density at radius 2 is 1.95 bits per heavy atom. The van der Waals surface area contributed by atoms with Crippen LogP contribution in [0.15, 0.2) is 29.6 Å². The third-order valence-electron chi connectivity index (χ3n) is 3.06. The summed E-state index contributed by atoms with van der Waals surface area (Å²) in [4.78, 5) is 1.15. The number of rotatable bonds is 6. The number of halogens is 1. The molecule has 1 heterocycles. The van der Waals surface area contributed by atoms with Crippen molar-refractivity contribution in [1.29, 1.82) is 0 Å². The SMILES string of the molecule is CCNC(c1ccc(Cl)c(OC)c1)c1sccc1OC. The zero-order chi connectivity index (χ0) is 14.5. The highest BCUT2D eigenvalue weighted by molar-refractivity contribution is 7.10. The first-order valence-corrected chi connectivity index (χ1v) is 7.65. The summed E-state index contributed by atoms with van der Waals surface area (Å²) in [5.41, 5.74) is 1.11. The maximum Gasteiger partial charge on any atom is 0.137 e. The Balaban J connectivity index is 2.43. The van der Waals surface area contributed by atoms with Crippen molar-refractivity contribution in [2.24, 2.45) is 0 Å². The van der Waals surface area contributed by atoms with Gasteiger partial charge in [0.25, 0.3) is 0 Å². The molecule has 0 radical (unpaired) electrons. The van der Waals surface area contributed by atoms with Gasteiger partial charge in [0, 0.05) is 0 Å². The van der Waals surface area contributed by atoms with Crippen molar-refractivity contribution in [3.63, 3.8) is 0 Å². The fraction of sp³-hybridized carbons (Fsp3) is 0.333. The van der Waals surface area contributed by atoms with Crippen molar-refractivity contribution in [1.82, 2.24) is 5.32 Å². The van der Waals surface area contributed by atoms with Crippen molar-refractivity contribution in [2.75, 3.05) is 20.8 Å². The fourth-order valence-electron chi connectivity index (χ4n) is 2.11. The quantitative estimate of drug-likeness (QED) is 0.870. The van der Waals surface area contributed by atoms with Gasteiger partial charge in [-0.3, -0.25) is 0 Å². The van der Waals surface area contributed by atoms with E-state index in [0.29, 0.717) is 10.8 Å². The second-order valence-corrected chi connectivity index (χ2v) is 5.59. The molecule has 2 aromatic rings. The highest BCUT2D eigenvalue weighted by Crippen LogP contribution is 2.37. The Labute approximate surface area is 128 Å². The summed E-state index contributed by atoms with van der Waals surface area (Å²) in [7, 11) is 3.32. The molecule has 108 valence electrons. The minimum atomic E-state index is 0.0705. The van der Waals surface area contributed by atoms with E-state index in [-0.39, 0.29) is 6.04 Å². The van der Waals surface area contributed by atoms with Crippen LogP contribution in [0.1, 0.15) is 23.4 Å². The average Bonchev–Trinajstić information content (AvgIpc) is 2.93. The van der Waals surface area contributed by atoms with Crippen LogP contribution in [-0.4, -0.2) is 20.8 Å². The highest BCUT2D eigenvalue weighted by atomic mass is 35.5. The zero-order valence-corrected chi connectivity index (χ0v) is 13.3. The van der Waals surface area contributed by atoms with Gasteiger partial charge in [-0.05, 0) is 35.7 Å². The molecule has 1 aromatic carbocycles. The van der Waals surface area contributed by atoms with Crippen LogP contribution in [0.25, 0.3) is 0 Å². The third-order valence-corrected chi connectivity index (χ3v) is 4.33. The van der Waals surface area contributed by atoms with E-state index in [1.165, 1.54) is 0 Å². The fourth-order valence-corrected chi connectivity index (χ4v) is 3.27. The van der Waals surface area contributed by atoms with Crippen LogP contribution < -0.4 is 14.8 Å². The smallest absolute Gasteiger partial charge is 0.137 e. The van der Waals surface area contributed by atoms with Crippen molar-refractivity contribution in [3.05, 3.63) is 45.1 Å². The predicted molar refractivity (Wildman–Crippen MR) is 84.4 cm³/mol. The number of methoxy groups -OCH3 is 2. The number of thiophene rings is 1. The summed E-state index contributed by atoms with van der Waals surface area (Å²) < 4.78 is 10.7. The predicted octanol–water partition coefficient (Wildman–Crippen LogP) is 4.12. The highest BCUT2D eigenvalue weighted by Gasteiger charge is 2.20. The van der Waals surface area contributed by atoms with Gasteiger partial charge in [0.15, 0.2) is 0 Å². The molecule has 0 amide bonds. The molecule has 5 heteroatoms. The van der Waals surface area contributed by atoms with E-state index in [2.05, 4.69) is 12.2 Å². The molecule has 0 aliphatic heterocycles. The summed E-state index contributed by atoms with van der Waals surface area (Å²) in [6, 6.07) is 7.89. The monoisotopic (exact) mass is 311 g/mol. The number of hydrogen-bond donors (Lipinski definition) is 1. The minimum absolute atomic E-state index is 0.0705. The Bertz CT molecular complexity index is 571. The lowest BCUT2D eigenvalue weighted by molar-refractivity contribution is 0.406. The molecular weight excluding hydrogens is 294 g/mol. The molecule has 0 bridgehead atoms. The van der Waals surface area contributed by atoms with Gasteiger partial charge in [-0.25, -0.2) is 0 Å². The summed E-state index contributed by atoms with van der Waals surface area (Å²) >= 11 is 7.77. The molecule has 0 saturated carbocycles. The van der Waals surface area contributed by atoms with Gasteiger partial charge in [0.05, 0.1) is 30.2 Å². The number of ether oxygens (including phenoxy) is 2. The first-order valence-electron chi connectivity index (χ1n) is 6.39. The Kier molecular flexibility index (Phi) is 5.29. The summed E-state index contributed by atoms with van der Waals surface area (Å²) in [5, 5.41) is 6.13. The van der Waals surface area contributed by atoms with E-state index in [1.54, 1.807) is 25.6 Å². The number of benzene rings is 1. The van der Waals surface area contributed by atoms with E-state index in [1.807, 2.05) is 29.6 Å². The molecular formula is C15H18ClNO2S. The summed E-state index contributed by atoms with van der Waals surface area (Å²) in [6.45, 7) is 2.94. The van der Waals surface area contributed by atoms with Crippen molar-refractivity contribution < 1.29 is 9.47 Å². The molecule has 1 atom stereocenters. The van der Waals surface area contributed by atoms with E-state index in [9.17, 15) is 0 Å². The standard InChI is InChI=1S/C15H18ClNO2S/c1-4-17-14(15-12(18-2)7-8-20-15)10-5-6-11(16)13(9-10)19-3/h5-9,14,17H,4H2,1-3H3. The van der Waals surface area contributed by atoms with Crippen LogP contribution in [0.4, 0.5) is 0 Å². The largest absolute Gasteiger partial charge is 0.496 e. The number of hydrogen-bond acceptors (Lipinski definition) is 4. The van der Waals surface area contributed by atoms with Gasteiger partial charge < -0.3 is 14.8 Å². The van der Waals surface area contributed by atoms with Crippen molar-refractivity contribution in [2.45, 2.75) is 13.0 Å². The average molecular weight is 312 g/mol. The number of nitrogens with one attached hydrogen (secondary N) is 1. The van der Waals surface area contributed by atoms with Gasteiger partial charge in [0.1, 0.15) is 11.5 Å². The lowest BCUT2D eigenvalue weighted by atomic mass is 10.0. The summed E-state index contributed by atoms with van der Waals surface area (Å²) in [5.74, 6) is 1.58.